The van der Waals surface area contributed by atoms with Crippen LogP contribution in [0.2, 0.25) is 0 Å². The zero-order chi connectivity index (χ0) is 18.9. The first-order valence-corrected chi connectivity index (χ1v) is 9.82. The highest BCUT2D eigenvalue weighted by atomic mass is 79.9. The number of benzene rings is 2. The molecule has 1 aliphatic rings. The largest absolute Gasteiger partial charge is 0.503 e. The summed E-state index contributed by atoms with van der Waals surface area (Å²) in [6.07, 6.45) is 0. The number of quaternary nitrogens is 1. The molecular weight excluding hydrogens is 392 g/mol. The normalized spacial score (nSPS) is 17.3. The van der Waals surface area contributed by atoms with Crippen molar-refractivity contribution in [3.05, 3.63) is 51.5 Å². The van der Waals surface area contributed by atoms with Crippen molar-refractivity contribution in [3.8, 4) is 11.5 Å². The average molecular weight is 420 g/mol. The predicted molar refractivity (Wildman–Crippen MR) is 111 cm³/mol. The summed E-state index contributed by atoms with van der Waals surface area (Å²) >= 11 is 3.41. The maximum Gasteiger partial charge on any atom is 0.172 e. The molecule has 3 rings (SSSR count). The molecule has 1 heterocycles. The Kier molecular flexibility index (Phi) is 5.61. The first-order valence-electron chi connectivity index (χ1n) is 9.03. The van der Waals surface area contributed by atoms with Gasteiger partial charge in [0.25, 0.3) is 0 Å². The monoisotopic (exact) mass is 419 g/mol. The molecule has 0 bridgehead atoms. The number of hydrogen-bond acceptors (Lipinski definition) is 3. The van der Waals surface area contributed by atoms with E-state index in [1.54, 1.807) is 7.11 Å². The van der Waals surface area contributed by atoms with Gasteiger partial charge in [0.05, 0.1) is 31.7 Å². The van der Waals surface area contributed by atoms with Crippen molar-refractivity contribution >= 4 is 21.6 Å². The summed E-state index contributed by atoms with van der Waals surface area (Å²) in [5.74, 6) is 0.677. The Bertz CT molecular complexity index is 799. The van der Waals surface area contributed by atoms with E-state index in [-0.39, 0.29) is 5.75 Å². The van der Waals surface area contributed by atoms with Crippen LogP contribution in [-0.2, 0) is 6.54 Å². The number of aryl methyl sites for hydroxylation is 1. The number of nitrogens with zero attached hydrogens (tertiary/aromatic N) is 2. The number of halogens is 1. The number of ether oxygens (including phenoxy) is 1. The van der Waals surface area contributed by atoms with E-state index >= 15 is 0 Å². The molecule has 1 saturated heterocycles. The van der Waals surface area contributed by atoms with Gasteiger partial charge >= 0.3 is 0 Å². The molecular formula is C21H28BrN2O2+. The fourth-order valence-electron chi connectivity index (χ4n) is 3.80. The molecule has 1 fully saturated rings. The molecule has 0 radical (unpaired) electrons. The summed E-state index contributed by atoms with van der Waals surface area (Å²) in [5.41, 5.74) is 5.37. The summed E-state index contributed by atoms with van der Waals surface area (Å²) in [7, 11) is 3.93. The molecule has 0 aromatic heterocycles. The van der Waals surface area contributed by atoms with Crippen molar-refractivity contribution in [2.75, 3.05) is 40.3 Å². The first kappa shape index (κ1) is 19.2. The van der Waals surface area contributed by atoms with E-state index in [1.165, 1.54) is 16.8 Å². The second-order valence-electron chi connectivity index (χ2n) is 7.47. The Morgan fingerprint density at radius 2 is 1.88 bits per heavy atom. The van der Waals surface area contributed by atoms with Crippen molar-refractivity contribution in [2.45, 2.75) is 20.4 Å². The molecule has 0 amide bonds. The van der Waals surface area contributed by atoms with Gasteiger partial charge in [-0.15, -0.1) is 0 Å². The summed E-state index contributed by atoms with van der Waals surface area (Å²) in [5, 5.41) is 9.98. The number of phenolic OH excluding ortho intramolecular Hbond substituents is 1. The van der Waals surface area contributed by atoms with Crippen LogP contribution in [0.3, 0.4) is 0 Å². The van der Waals surface area contributed by atoms with Crippen LogP contribution in [0.5, 0.6) is 11.5 Å². The van der Waals surface area contributed by atoms with Gasteiger partial charge < -0.3 is 9.84 Å². The lowest BCUT2D eigenvalue weighted by molar-refractivity contribution is 0.149. The van der Waals surface area contributed by atoms with Crippen LogP contribution in [0, 0.1) is 13.8 Å². The number of piperazine rings is 1. The van der Waals surface area contributed by atoms with Crippen LogP contribution in [-0.4, -0.2) is 50.3 Å². The molecule has 1 aliphatic heterocycles. The van der Waals surface area contributed by atoms with E-state index in [0.717, 1.165) is 42.8 Å². The molecule has 0 aliphatic carbocycles. The smallest absolute Gasteiger partial charge is 0.172 e. The van der Waals surface area contributed by atoms with E-state index < -0.39 is 0 Å². The first-order chi connectivity index (χ1) is 12.3. The third-order valence-corrected chi connectivity index (χ3v) is 6.30. The molecule has 0 spiro atoms. The lowest BCUT2D eigenvalue weighted by Crippen LogP contribution is -2.58. The molecule has 1 N–H and O–H groups in total. The van der Waals surface area contributed by atoms with Crippen molar-refractivity contribution in [2.24, 2.45) is 0 Å². The second-order valence-corrected chi connectivity index (χ2v) is 8.32. The van der Waals surface area contributed by atoms with Crippen LogP contribution >= 0.6 is 15.9 Å². The third-order valence-electron chi connectivity index (χ3n) is 5.69. The van der Waals surface area contributed by atoms with Gasteiger partial charge in [-0.25, -0.2) is 0 Å². The fourth-order valence-corrected chi connectivity index (χ4v) is 4.29. The lowest BCUT2D eigenvalue weighted by Gasteiger charge is -2.42. The zero-order valence-electron chi connectivity index (χ0n) is 16.1. The molecule has 2 aromatic rings. The molecule has 4 nitrogen and oxygen atoms in total. The minimum atomic E-state index is 0.161. The number of hydrogen-bond donors (Lipinski definition) is 1. The number of rotatable bonds is 4. The lowest BCUT2D eigenvalue weighted by atomic mass is 10.0. The van der Waals surface area contributed by atoms with Gasteiger partial charge in [0, 0.05) is 25.2 Å². The number of methoxy groups -OCH3 is 1. The average Bonchev–Trinajstić information content (AvgIpc) is 2.62. The quantitative estimate of drug-likeness (QED) is 0.752. The van der Waals surface area contributed by atoms with Crippen molar-refractivity contribution in [3.63, 3.8) is 0 Å². The predicted octanol–water partition coefficient (Wildman–Crippen LogP) is 4.23. The minimum Gasteiger partial charge on any atom is -0.503 e. The Balaban J connectivity index is 1.71. The molecule has 2 aromatic carbocycles. The Morgan fingerprint density at radius 1 is 1.19 bits per heavy atom. The summed E-state index contributed by atoms with van der Waals surface area (Å²) < 4.78 is 6.94. The van der Waals surface area contributed by atoms with Crippen LogP contribution in [0.1, 0.15) is 16.7 Å². The van der Waals surface area contributed by atoms with E-state index in [9.17, 15) is 5.11 Å². The molecule has 26 heavy (non-hydrogen) atoms. The van der Waals surface area contributed by atoms with E-state index in [0.29, 0.717) is 10.2 Å². The Morgan fingerprint density at radius 3 is 2.54 bits per heavy atom. The summed E-state index contributed by atoms with van der Waals surface area (Å²) in [6, 6.07) is 10.5. The van der Waals surface area contributed by atoms with Crippen LogP contribution < -0.4 is 9.22 Å². The molecule has 0 unspecified atom stereocenters. The summed E-state index contributed by atoms with van der Waals surface area (Å²) in [4.78, 5) is 2.48. The number of likely N-dealkylation sites (N-methyl/N-ethyl adjacent to an activating group) is 1. The number of phenols is 1. The topological polar surface area (TPSA) is 32.7 Å². The SMILES string of the molecule is COc1cc(CN2CC[N+](C)(c3cccc(C)c3C)CC2)cc(Br)c1O. The van der Waals surface area contributed by atoms with Gasteiger partial charge in [0.1, 0.15) is 5.69 Å². The standard InChI is InChI=1S/C21H27BrN2O2/c1-15-6-5-7-19(16(15)2)24(3)10-8-23(9-11-24)14-17-12-18(22)21(25)20(13-17)26-4/h5-7,12-13H,8-11,14H2,1-4H3/p+1. The molecule has 5 heteroatoms. The van der Waals surface area contributed by atoms with E-state index in [2.05, 4.69) is 59.9 Å². The highest BCUT2D eigenvalue weighted by Crippen LogP contribution is 2.36. The van der Waals surface area contributed by atoms with Crippen LogP contribution in [0.25, 0.3) is 0 Å². The maximum absolute atomic E-state index is 9.98. The van der Waals surface area contributed by atoms with Gasteiger partial charge in [-0.3, -0.25) is 9.38 Å². The van der Waals surface area contributed by atoms with E-state index in [4.69, 9.17) is 4.74 Å². The van der Waals surface area contributed by atoms with Gasteiger partial charge in [-0.1, -0.05) is 12.1 Å². The van der Waals surface area contributed by atoms with Crippen molar-refractivity contribution in [1.29, 1.82) is 0 Å². The highest BCUT2D eigenvalue weighted by molar-refractivity contribution is 9.10. The maximum atomic E-state index is 9.98. The molecule has 0 atom stereocenters. The molecule has 140 valence electrons. The van der Waals surface area contributed by atoms with Crippen LogP contribution in [0.15, 0.2) is 34.8 Å². The van der Waals surface area contributed by atoms with Crippen molar-refractivity contribution < 1.29 is 9.84 Å². The van der Waals surface area contributed by atoms with Gasteiger partial charge in [0.2, 0.25) is 0 Å². The van der Waals surface area contributed by atoms with Gasteiger partial charge in [-0.2, -0.15) is 0 Å². The summed E-state index contributed by atoms with van der Waals surface area (Å²) in [6.45, 7) is 9.58. The molecule has 0 saturated carbocycles. The van der Waals surface area contributed by atoms with Gasteiger partial charge in [-0.05, 0) is 59.1 Å². The van der Waals surface area contributed by atoms with E-state index in [1.807, 2.05) is 12.1 Å². The third kappa shape index (κ3) is 3.75. The highest BCUT2D eigenvalue weighted by Gasteiger charge is 2.32. The zero-order valence-corrected chi connectivity index (χ0v) is 17.6. The van der Waals surface area contributed by atoms with Gasteiger partial charge in [0.15, 0.2) is 11.5 Å². The van der Waals surface area contributed by atoms with Crippen molar-refractivity contribution in [1.82, 2.24) is 9.38 Å². The Hall–Kier alpha value is -1.56. The minimum absolute atomic E-state index is 0.161. The van der Waals surface area contributed by atoms with Crippen LogP contribution in [0.4, 0.5) is 5.69 Å². The number of aromatic hydroxyl groups is 1. The fraction of sp³-hybridized carbons (Fsp3) is 0.429. The second kappa shape index (κ2) is 7.59. The Labute approximate surface area is 164 Å².